The smallest absolute Gasteiger partial charge is 0.326 e. The summed E-state index contributed by atoms with van der Waals surface area (Å²) >= 11 is 0. The normalized spacial score (nSPS) is 11.0. The van der Waals surface area contributed by atoms with Gasteiger partial charge in [-0.25, -0.2) is 9.78 Å². The van der Waals surface area contributed by atoms with Gasteiger partial charge >= 0.3 is 6.03 Å². The first kappa shape index (κ1) is 21.8. The van der Waals surface area contributed by atoms with Crippen LogP contribution in [0.25, 0.3) is 0 Å². The summed E-state index contributed by atoms with van der Waals surface area (Å²) in [5.74, 6) is 0.732. The number of pyridine rings is 1. The number of urea groups is 1. The Morgan fingerprint density at radius 2 is 1.94 bits per heavy atom. The van der Waals surface area contributed by atoms with E-state index in [0.29, 0.717) is 17.0 Å². The lowest BCUT2D eigenvalue weighted by Crippen LogP contribution is -2.19. The maximum absolute atomic E-state index is 12.3. The lowest BCUT2D eigenvalue weighted by Gasteiger charge is -2.18. The van der Waals surface area contributed by atoms with Gasteiger partial charge < -0.3 is 19.9 Å². The van der Waals surface area contributed by atoms with Gasteiger partial charge in [-0.05, 0) is 24.6 Å². The minimum absolute atomic E-state index is 0.144. The molecule has 0 aliphatic carbocycles. The molecular formula is C22H25N5O4. The van der Waals surface area contributed by atoms with Crippen LogP contribution < -0.4 is 20.7 Å². The summed E-state index contributed by atoms with van der Waals surface area (Å²) in [6.45, 7) is 6.17. The Hall–Kier alpha value is -3.88. The van der Waals surface area contributed by atoms with Gasteiger partial charge in [-0.15, -0.1) is 0 Å². The second-order valence-electron chi connectivity index (χ2n) is 7.48. The molecule has 3 amide bonds. The highest BCUT2D eigenvalue weighted by Crippen LogP contribution is 2.28. The van der Waals surface area contributed by atoms with Crippen LogP contribution in [-0.2, 0) is 5.41 Å². The maximum atomic E-state index is 12.3. The topological polar surface area (TPSA) is 118 Å². The molecule has 2 heterocycles. The van der Waals surface area contributed by atoms with Crippen LogP contribution in [0.4, 0.5) is 16.4 Å². The molecule has 0 atom stereocenters. The molecule has 0 bridgehead atoms. The maximum Gasteiger partial charge on any atom is 0.326 e. The molecule has 0 fully saturated rings. The predicted octanol–water partition coefficient (Wildman–Crippen LogP) is 4.55. The number of carbonyl (C=O) groups excluding carboxylic acids is 2. The summed E-state index contributed by atoms with van der Waals surface area (Å²) in [6, 6.07) is 11.2. The van der Waals surface area contributed by atoms with E-state index in [1.807, 2.05) is 0 Å². The second kappa shape index (κ2) is 9.29. The number of nitrogens with one attached hydrogen (secondary N) is 3. The molecule has 0 unspecified atom stereocenters. The molecule has 162 valence electrons. The Bertz CT molecular complexity index is 1080. The zero-order valence-corrected chi connectivity index (χ0v) is 17.9. The third-order valence-electron chi connectivity index (χ3n) is 4.86. The predicted molar refractivity (Wildman–Crippen MR) is 117 cm³/mol. The van der Waals surface area contributed by atoms with E-state index < -0.39 is 6.03 Å². The van der Waals surface area contributed by atoms with Gasteiger partial charge in [-0.3, -0.25) is 10.1 Å². The van der Waals surface area contributed by atoms with Crippen LogP contribution in [0.5, 0.6) is 11.6 Å². The average Bonchev–Trinajstić information content (AvgIpc) is 3.23. The highest BCUT2D eigenvalue weighted by molar-refractivity contribution is 5.99. The van der Waals surface area contributed by atoms with Crippen LogP contribution in [0.1, 0.15) is 43.2 Å². The van der Waals surface area contributed by atoms with E-state index >= 15 is 0 Å². The minimum Gasteiger partial charge on any atom is -0.439 e. The quantitative estimate of drug-likeness (QED) is 0.513. The third-order valence-corrected chi connectivity index (χ3v) is 4.86. The number of hydrogen-bond acceptors (Lipinski definition) is 6. The van der Waals surface area contributed by atoms with Gasteiger partial charge in [0.1, 0.15) is 5.75 Å². The van der Waals surface area contributed by atoms with Crippen LogP contribution >= 0.6 is 0 Å². The van der Waals surface area contributed by atoms with E-state index in [9.17, 15) is 9.59 Å². The van der Waals surface area contributed by atoms with E-state index in [-0.39, 0.29) is 23.1 Å². The number of nitrogens with zero attached hydrogens (tertiary/aromatic N) is 2. The van der Waals surface area contributed by atoms with Crippen LogP contribution in [0.3, 0.4) is 0 Å². The molecule has 9 heteroatoms. The summed E-state index contributed by atoms with van der Waals surface area (Å²) in [4.78, 5) is 28.2. The molecule has 3 rings (SSSR count). The molecule has 3 N–H and O–H groups in total. The average molecular weight is 423 g/mol. The van der Waals surface area contributed by atoms with Gasteiger partial charge in [0.2, 0.25) is 11.8 Å². The Kier molecular flexibility index (Phi) is 6.54. The van der Waals surface area contributed by atoms with Crippen molar-refractivity contribution < 1.29 is 18.8 Å². The largest absolute Gasteiger partial charge is 0.439 e. The number of hydrogen-bond donors (Lipinski definition) is 3. The third kappa shape index (κ3) is 5.59. The second-order valence-corrected chi connectivity index (χ2v) is 7.48. The van der Waals surface area contributed by atoms with Gasteiger partial charge in [0.15, 0.2) is 0 Å². The van der Waals surface area contributed by atoms with Crippen molar-refractivity contribution in [1.82, 2.24) is 15.5 Å². The summed E-state index contributed by atoms with van der Waals surface area (Å²) in [7, 11) is 1.55. The number of amides is 3. The Morgan fingerprint density at radius 1 is 1.13 bits per heavy atom. The van der Waals surface area contributed by atoms with Gasteiger partial charge in [-0.2, -0.15) is 0 Å². The van der Waals surface area contributed by atoms with E-state index in [2.05, 4.69) is 46.9 Å². The number of carbonyl (C=O) groups is 2. The fourth-order valence-electron chi connectivity index (χ4n) is 2.62. The van der Waals surface area contributed by atoms with E-state index in [0.717, 1.165) is 12.1 Å². The Labute approximate surface area is 180 Å². The Morgan fingerprint density at radius 3 is 2.68 bits per heavy atom. The standard InChI is InChI=1S/C22H25N5O4/c1-5-22(2,3)17-13-19(31-27-17)26-21(29)25-15-7-6-8-16(12-15)30-18-11-14(9-10-24-18)20(28)23-4/h6-13H,5H2,1-4H3,(H,23,28)(H2,25,26,29). The van der Waals surface area contributed by atoms with Gasteiger partial charge in [0, 0.05) is 48.1 Å². The molecule has 0 saturated carbocycles. The molecule has 0 aliphatic heterocycles. The first-order valence-corrected chi connectivity index (χ1v) is 9.82. The molecule has 31 heavy (non-hydrogen) atoms. The van der Waals surface area contributed by atoms with Crippen LogP contribution in [0, 0.1) is 0 Å². The molecule has 0 aliphatic rings. The molecule has 1 aromatic carbocycles. The van der Waals surface area contributed by atoms with Crippen molar-refractivity contribution in [1.29, 1.82) is 0 Å². The lowest BCUT2D eigenvalue weighted by molar-refractivity contribution is 0.0962. The van der Waals surface area contributed by atoms with Crippen molar-refractivity contribution in [3.05, 3.63) is 59.9 Å². The lowest BCUT2D eigenvalue weighted by atomic mass is 9.87. The van der Waals surface area contributed by atoms with Crippen LogP contribution in [0.15, 0.2) is 53.2 Å². The molecule has 3 aromatic rings. The molecule has 0 radical (unpaired) electrons. The summed E-state index contributed by atoms with van der Waals surface area (Å²) in [5, 5.41) is 11.9. The molecule has 0 saturated heterocycles. The van der Waals surface area contributed by atoms with Crippen molar-refractivity contribution in [2.24, 2.45) is 0 Å². The highest BCUT2D eigenvalue weighted by atomic mass is 16.5. The van der Waals surface area contributed by atoms with Crippen molar-refractivity contribution in [3.63, 3.8) is 0 Å². The monoisotopic (exact) mass is 423 g/mol. The van der Waals surface area contributed by atoms with Gasteiger partial charge in [0.05, 0.1) is 5.69 Å². The van der Waals surface area contributed by atoms with Crippen molar-refractivity contribution >= 4 is 23.5 Å². The van der Waals surface area contributed by atoms with Gasteiger partial charge in [0.25, 0.3) is 5.91 Å². The van der Waals surface area contributed by atoms with Crippen molar-refractivity contribution in [2.75, 3.05) is 17.7 Å². The first-order valence-electron chi connectivity index (χ1n) is 9.82. The SMILES string of the molecule is CCC(C)(C)c1cc(NC(=O)Nc2cccc(Oc3cc(C(=O)NC)ccn3)c2)on1. The number of rotatable bonds is 7. The van der Waals surface area contributed by atoms with Gasteiger partial charge in [-0.1, -0.05) is 32.0 Å². The van der Waals surface area contributed by atoms with Crippen LogP contribution in [0.2, 0.25) is 0 Å². The van der Waals surface area contributed by atoms with E-state index in [4.69, 9.17) is 9.26 Å². The highest BCUT2D eigenvalue weighted by Gasteiger charge is 2.23. The summed E-state index contributed by atoms with van der Waals surface area (Å²) in [5.41, 5.74) is 1.56. The number of aromatic nitrogens is 2. The number of anilines is 2. The van der Waals surface area contributed by atoms with Crippen LogP contribution in [-0.4, -0.2) is 29.1 Å². The molecule has 0 spiro atoms. The Balaban J connectivity index is 1.64. The fourth-order valence-corrected chi connectivity index (χ4v) is 2.62. The fraction of sp³-hybridized carbons (Fsp3) is 0.273. The van der Waals surface area contributed by atoms with E-state index in [1.165, 1.54) is 12.3 Å². The number of ether oxygens (including phenoxy) is 1. The zero-order valence-electron chi connectivity index (χ0n) is 17.9. The summed E-state index contributed by atoms with van der Waals surface area (Å²) in [6.07, 6.45) is 2.37. The minimum atomic E-state index is -0.478. The first-order chi connectivity index (χ1) is 14.8. The summed E-state index contributed by atoms with van der Waals surface area (Å²) < 4.78 is 10.9. The molecule has 2 aromatic heterocycles. The van der Waals surface area contributed by atoms with Crippen molar-refractivity contribution in [3.8, 4) is 11.6 Å². The van der Waals surface area contributed by atoms with E-state index in [1.54, 1.807) is 43.4 Å². The molecule has 9 nitrogen and oxygen atoms in total. The zero-order chi connectivity index (χ0) is 22.4. The van der Waals surface area contributed by atoms with Crippen molar-refractivity contribution in [2.45, 2.75) is 32.6 Å². The molecular weight excluding hydrogens is 398 g/mol. The number of benzene rings is 1.